The third-order valence-corrected chi connectivity index (χ3v) is 3.47. The maximum atomic E-state index is 13.6. The molecule has 1 atom stereocenters. The van der Waals surface area contributed by atoms with Gasteiger partial charge in [-0.1, -0.05) is 6.92 Å². The van der Waals surface area contributed by atoms with Crippen molar-refractivity contribution in [3.8, 4) is 5.75 Å². The summed E-state index contributed by atoms with van der Waals surface area (Å²) in [6, 6.07) is 0.718. The van der Waals surface area contributed by atoms with E-state index < -0.39 is 44.6 Å². The quantitative estimate of drug-likeness (QED) is 0.861. The van der Waals surface area contributed by atoms with Crippen molar-refractivity contribution >= 4 is 9.84 Å². The number of phenols is 1. The number of benzene rings is 1. The van der Waals surface area contributed by atoms with Crippen molar-refractivity contribution in [2.45, 2.75) is 17.7 Å². The van der Waals surface area contributed by atoms with Gasteiger partial charge in [0.1, 0.15) is 10.7 Å². The molecule has 0 saturated carbocycles. The Kier molecular flexibility index (Phi) is 3.73. The van der Waals surface area contributed by atoms with Crippen LogP contribution in [0.1, 0.15) is 18.4 Å². The first-order chi connectivity index (χ1) is 7.70. The molecular weight excluding hydrogens is 254 g/mol. The molecule has 2 N–H and O–H groups in total. The van der Waals surface area contributed by atoms with Crippen LogP contribution in [0.3, 0.4) is 0 Å². The molecule has 0 spiro atoms. The van der Waals surface area contributed by atoms with Crippen molar-refractivity contribution in [1.82, 2.24) is 0 Å². The second-order valence-corrected chi connectivity index (χ2v) is 5.75. The third-order valence-electron chi connectivity index (χ3n) is 2.36. The Morgan fingerprint density at radius 2 is 1.94 bits per heavy atom. The van der Waals surface area contributed by atoms with Crippen LogP contribution >= 0.6 is 0 Å². The number of hydrogen-bond donors (Lipinski definition) is 2. The average Bonchev–Trinajstić information content (AvgIpc) is 2.20. The number of aromatic hydroxyl groups is 1. The van der Waals surface area contributed by atoms with Crippen LogP contribution < -0.4 is 0 Å². The number of halogens is 2. The lowest BCUT2D eigenvalue weighted by Crippen LogP contribution is -2.08. The molecule has 0 radical (unpaired) electrons. The first-order valence-corrected chi connectivity index (χ1v) is 6.61. The van der Waals surface area contributed by atoms with Gasteiger partial charge in [0, 0.05) is 24.3 Å². The fraction of sp³-hybridized carbons (Fsp3) is 0.400. The summed E-state index contributed by atoms with van der Waals surface area (Å²) in [6.07, 6.45) is 0.642. The third kappa shape index (κ3) is 2.55. The molecule has 0 aliphatic rings. The minimum Gasteiger partial charge on any atom is -0.505 e. The first kappa shape index (κ1) is 13.9. The molecule has 0 bridgehead atoms. The smallest absolute Gasteiger partial charge is 0.186 e. The van der Waals surface area contributed by atoms with Crippen LogP contribution in [0, 0.1) is 11.6 Å². The van der Waals surface area contributed by atoms with Crippen molar-refractivity contribution in [2.75, 3.05) is 12.9 Å². The molecule has 17 heavy (non-hydrogen) atoms. The fourth-order valence-corrected chi connectivity index (χ4v) is 2.26. The van der Waals surface area contributed by atoms with Gasteiger partial charge < -0.3 is 10.2 Å². The van der Waals surface area contributed by atoms with Crippen molar-refractivity contribution in [3.63, 3.8) is 0 Å². The van der Waals surface area contributed by atoms with Gasteiger partial charge in [-0.15, -0.1) is 0 Å². The second-order valence-electron chi connectivity index (χ2n) is 3.80. The molecule has 1 rings (SSSR count). The lowest BCUT2D eigenvalue weighted by Gasteiger charge is -2.13. The Bertz CT molecular complexity index is 540. The Hall–Kier alpha value is -1.21. The number of hydrogen-bond acceptors (Lipinski definition) is 4. The van der Waals surface area contributed by atoms with Gasteiger partial charge in [0.05, 0.1) is 0 Å². The monoisotopic (exact) mass is 266 g/mol. The Labute approximate surface area is 97.4 Å². The van der Waals surface area contributed by atoms with Crippen LogP contribution in [0.15, 0.2) is 11.0 Å². The van der Waals surface area contributed by atoms with E-state index in [1.807, 2.05) is 0 Å². The van der Waals surface area contributed by atoms with E-state index >= 15 is 0 Å². The molecular formula is C10H12F2O4S. The lowest BCUT2D eigenvalue weighted by atomic mass is 10.0. The summed E-state index contributed by atoms with van der Waals surface area (Å²) in [6.45, 7) is 1.01. The van der Waals surface area contributed by atoms with Crippen molar-refractivity contribution in [3.05, 3.63) is 23.3 Å². The van der Waals surface area contributed by atoms with Gasteiger partial charge >= 0.3 is 0 Å². The zero-order valence-corrected chi connectivity index (χ0v) is 10.1. The summed E-state index contributed by atoms with van der Waals surface area (Å²) in [5, 5.41) is 18.3. The highest BCUT2D eigenvalue weighted by Gasteiger charge is 2.26. The highest BCUT2D eigenvalue weighted by molar-refractivity contribution is 7.90. The maximum Gasteiger partial charge on any atom is 0.186 e. The van der Waals surface area contributed by atoms with E-state index in [0.29, 0.717) is 6.26 Å². The van der Waals surface area contributed by atoms with Crippen molar-refractivity contribution in [1.29, 1.82) is 0 Å². The van der Waals surface area contributed by atoms with Gasteiger partial charge in [0.15, 0.2) is 21.4 Å². The maximum absolute atomic E-state index is 13.6. The molecule has 1 unspecified atom stereocenters. The van der Waals surface area contributed by atoms with Gasteiger partial charge in [0.25, 0.3) is 0 Å². The average molecular weight is 266 g/mol. The molecule has 4 nitrogen and oxygen atoms in total. The SMILES string of the molecule is CC(CO)c1cc(F)c(S(C)(=O)=O)c(F)c1O. The van der Waals surface area contributed by atoms with Gasteiger partial charge in [-0.3, -0.25) is 0 Å². The zero-order valence-electron chi connectivity index (χ0n) is 9.24. The summed E-state index contributed by atoms with van der Waals surface area (Å²) in [5.74, 6) is -4.46. The molecule has 0 amide bonds. The predicted octanol–water partition coefficient (Wildman–Crippen LogP) is 1.17. The highest BCUT2D eigenvalue weighted by Crippen LogP contribution is 2.34. The molecule has 0 fully saturated rings. The molecule has 1 aromatic carbocycles. The topological polar surface area (TPSA) is 74.6 Å². The van der Waals surface area contributed by atoms with Crippen LogP contribution in [-0.2, 0) is 9.84 Å². The Morgan fingerprint density at radius 3 is 2.35 bits per heavy atom. The van der Waals surface area contributed by atoms with E-state index in [0.717, 1.165) is 6.07 Å². The van der Waals surface area contributed by atoms with E-state index in [1.54, 1.807) is 0 Å². The molecule has 0 aromatic heterocycles. The second kappa shape index (κ2) is 4.58. The number of sulfone groups is 1. The number of phenolic OH excluding ortho intramolecular Hbond substituents is 1. The summed E-state index contributed by atoms with van der Waals surface area (Å²) < 4.78 is 49.3. The van der Waals surface area contributed by atoms with Gasteiger partial charge in [-0.2, -0.15) is 0 Å². The van der Waals surface area contributed by atoms with E-state index in [-0.39, 0.29) is 5.56 Å². The fourth-order valence-electron chi connectivity index (χ4n) is 1.42. The molecule has 96 valence electrons. The van der Waals surface area contributed by atoms with Crippen molar-refractivity contribution < 1.29 is 27.4 Å². The number of aliphatic hydroxyl groups excluding tert-OH is 1. The van der Waals surface area contributed by atoms with Crippen molar-refractivity contribution in [2.24, 2.45) is 0 Å². The Balaban J connectivity index is 3.59. The summed E-state index contributed by atoms with van der Waals surface area (Å²) in [4.78, 5) is -1.16. The molecule has 7 heteroatoms. The van der Waals surface area contributed by atoms with Crippen LogP contribution in [-0.4, -0.2) is 31.5 Å². The molecule has 0 saturated heterocycles. The van der Waals surface area contributed by atoms with Gasteiger partial charge in [-0.25, -0.2) is 17.2 Å². The zero-order chi connectivity index (χ0) is 13.4. The predicted molar refractivity (Wildman–Crippen MR) is 56.6 cm³/mol. The van der Waals surface area contributed by atoms with E-state index in [2.05, 4.69) is 0 Å². The molecule has 0 aliphatic carbocycles. The first-order valence-electron chi connectivity index (χ1n) is 4.72. The summed E-state index contributed by atoms with van der Waals surface area (Å²) in [7, 11) is -4.11. The summed E-state index contributed by atoms with van der Waals surface area (Å²) >= 11 is 0. The molecule has 1 aromatic rings. The van der Waals surface area contributed by atoms with Crippen LogP contribution in [0.5, 0.6) is 5.75 Å². The number of aliphatic hydroxyl groups is 1. The van der Waals surface area contributed by atoms with E-state index in [9.17, 15) is 22.3 Å². The highest BCUT2D eigenvalue weighted by atomic mass is 32.2. The largest absolute Gasteiger partial charge is 0.505 e. The number of rotatable bonds is 3. The molecule has 0 aliphatic heterocycles. The van der Waals surface area contributed by atoms with Crippen LogP contribution in [0.25, 0.3) is 0 Å². The van der Waals surface area contributed by atoms with E-state index in [1.165, 1.54) is 6.92 Å². The Morgan fingerprint density at radius 1 is 1.41 bits per heavy atom. The lowest BCUT2D eigenvalue weighted by molar-refractivity contribution is 0.268. The minimum atomic E-state index is -4.11. The molecule has 0 heterocycles. The normalized spacial score (nSPS) is 13.7. The van der Waals surface area contributed by atoms with Gasteiger partial charge in [0.2, 0.25) is 0 Å². The summed E-state index contributed by atoms with van der Waals surface area (Å²) in [5.41, 5.74) is -0.171. The van der Waals surface area contributed by atoms with Gasteiger partial charge in [-0.05, 0) is 6.07 Å². The van der Waals surface area contributed by atoms with E-state index in [4.69, 9.17) is 5.11 Å². The standard InChI is InChI=1S/C10H12F2O4S/c1-5(4-13)6-3-7(11)10(17(2,15)16)8(12)9(6)14/h3,5,13-14H,4H2,1-2H3. The van der Waals surface area contributed by atoms with Crippen LogP contribution in [0.4, 0.5) is 8.78 Å². The van der Waals surface area contributed by atoms with Crippen LogP contribution in [0.2, 0.25) is 0 Å². The minimum absolute atomic E-state index is 0.171.